The van der Waals surface area contributed by atoms with Gasteiger partial charge >= 0.3 is 0 Å². The Kier molecular flexibility index (Phi) is 9.94. The van der Waals surface area contributed by atoms with Gasteiger partial charge in [0.2, 0.25) is 0 Å². The van der Waals surface area contributed by atoms with Gasteiger partial charge < -0.3 is 0 Å². The quantitative estimate of drug-likeness (QED) is 0.176. The van der Waals surface area contributed by atoms with Crippen LogP contribution >= 0.6 is 11.6 Å². The van der Waals surface area contributed by atoms with E-state index in [0.717, 1.165) is 124 Å². The van der Waals surface area contributed by atoms with Gasteiger partial charge in [0.1, 0.15) is 22.9 Å². The van der Waals surface area contributed by atoms with E-state index in [9.17, 15) is 0 Å². The summed E-state index contributed by atoms with van der Waals surface area (Å²) in [6, 6.07) is 46.7. The van der Waals surface area contributed by atoms with Gasteiger partial charge in [-0.15, -0.1) is 0 Å². The van der Waals surface area contributed by atoms with Gasteiger partial charge in [-0.1, -0.05) is 169 Å². The topological polar surface area (TPSA) is 60.4 Å². The number of rotatable bonds is 4. The molecule has 7 heteroatoms. The van der Waals surface area contributed by atoms with Crippen LogP contribution < -0.4 is 0 Å². The summed E-state index contributed by atoms with van der Waals surface area (Å²) in [6.07, 6.45) is 2.23. The van der Waals surface area contributed by atoms with Gasteiger partial charge in [-0.25, -0.2) is 19.9 Å². The lowest BCUT2D eigenvalue weighted by Gasteiger charge is -2.22. The van der Waals surface area contributed by atoms with Gasteiger partial charge in [0.05, 0.1) is 33.1 Å². The van der Waals surface area contributed by atoms with Crippen LogP contribution in [0.4, 0.5) is 0 Å². The molecule has 4 aromatic heterocycles. The van der Waals surface area contributed by atoms with Gasteiger partial charge in [-0.05, 0) is 168 Å². The van der Waals surface area contributed by atoms with E-state index >= 15 is 0 Å². The van der Waals surface area contributed by atoms with Crippen molar-refractivity contribution in [3.05, 3.63) is 166 Å². The fraction of sp³-hybridized carbons (Fsp3) is 0.324. The molecule has 0 saturated heterocycles. The molecule has 0 amide bonds. The largest absolute Gasteiger partial charge is 0.279 e. The molecule has 0 saturated carbocycles. The average molecular weight is 1000 g/mol. The fourth-order valence-corrected chi connectivity index (χ4v) is 14.3. The first-order valence-electron chi connectivity index (χ1n) is 26.9. The molecule has 13 rings (SSSR count). The molecular weight excluding hydrogens is 936 g/mol. The van der Waals surface area contributed by atoms with Gasteiger partial charge in [-0.2, -0.15) is 0 Å². The first-order chi connectivity index (χ1) is 35.3. The summed E-state index contributed by atoms with van der Waals surface area (Å²) in [6.45, 7) is 32.5. The smallest absolute Gasteiger partial charge is 0.148 e. The lowest BCUT2D eigenvalue weighted by Crippen LogP contribution is -2.19. The lowest BCUT2D eigenvalue weighted by molar-refractivity contribution is 0.403. The number of nitrogens with zero attached hydrogens (tertiary/aromatic N) is 6. The number of hydrogen-bond donors (Lipinski definition) is 0. The molecule has 376 valence electrons. The van der Waals surface area contributed by atoms with Crippen molar-refractivity contribution in [3.8, 4) is 44.5 Å². The number of fused-ring (bicyclic) bond motifs is 12. The van der Waals surface area contributed by atoms with E-state index in [1.807, 2.05) is 0 Å². The van der Waals surface area contributed by atoms with E-state index in [0.29, 0.717) is 5.02 Å². The van der Waals surface area contributed by atoms with Crippen molar-refractivity contribution in [2.75, 3.05) is 0 Å². The zero-order valence-electron chi connectivity index (χ0n) is 46.1. The maximum absolute atomic E-state index is 7.19. The Morgan fingerprint density at radius 3 is 1.09 bits per heavy atom. The Morgan fingerprint density at radius 2 is 0.733 bits per heavy atom. The number of imidazole rings is 2. The molecule has 6 nitrogen and oxygen atoms in total. The third kappa shape index (κ3) is 7.32. The molecule has 0 bridgehead atoms. The van der Waals surface area contributed by atoms with Crippen LogP contribution in [0, 0.1) is 0 Å². The molecule has 7 aromatic carbocycles. The van der Waals surface area contributed by atoms with Crippen molar-refractivity contribution in [3.63, 3.8) is 0 Å². The summed E-state index contributed by atoms with van der Waals surface area (Å²) in [5.74, 6) is 2.00. The second-order valence-corrected chi connectivity index (χ2v) is 27.3. The summed E-state index contributed by atoms with van der Waals surface area (Å²) in [5, 5.41) is 2.76. The minimum absolute atomic E-state index is 0.0759. The standard InChI is InChI=1S/C68H67ClN6/c1-63(2,3)61-72-53-30-38(23-25-47(53)59-70-55-32-49-51(34-57(55)74(59)61)67(11,12)36-65(49,7)8)43-19-15-17-21-45(43)40-27-41(29-42(69)28-40)46-22-18-16-20-44(46)39-24-26-48-54(31-39)73-62(64(4,5)6)75-58-35-52-50(33-56(58)71-60(48)75)66(9,10)37-68(52,13)14/h15-35H,36-37H2,1-14H3. The van der Waals surface area contributed by atoms with Crippen molar-refractivity contribution in [2.24, 2.45) is 0 Å². The van der Waals surface area contributed by atoms with Crippen LogP contribution in [0.3, 0.4) is 0 Å². The Balaban J connectivity index is 0.916. The second kappa shape index (κ2) is 15.6. The van der Waals surface area contributed by atoms with E-state index in [1.165, 1.54) is 22.3 Å². The van der Waals surface area contributed by atoms with Crippen molar-refractivity contribution in [2.45, 2.75) is 142 Å². The maximum Gasteiger partial charge on any atom is 0.148 e. The Morgan fingerprint density at radius 1 is 0.387 bits per heavy atom. The van der Waals surface area contributed by atoms with Gasteiger partial charge in [0.15, 0.2) is 0 Å². The van der Waals surface area contributed by atoms with Crippen LogP contribution in [-0.4, -0.2) is 28.7 Å². The first-order valence-corrected chi connectivity index (χ1v) is 27.3. The van der Waals surface area contributed by atoms with Crippen LogP contribution in [0.1, 0.15) is 144 Å². The molecule has 75 heavy (non-hydrogen) atoms. The summed E-state index contributed by atoms with van der Waals surface area (Å²) in [4.78, 5) is 21.9. The molecule has 0 fully saturated rings. The van der Waals surface area contributed by atoms with Crippen LogP contribution in [0.25, 0.3) is 99.7 Å². The molecule has 11 aromatic rings. The summed E-state index contributed by atoms with van der Waals surface area (Å²) >= 11 is 7.19. The van der Waals surface area contributed by atoms with E-state index < -0.39 is 0 Å². The highest BCUT2D eigenvalue weighted by Gasteiger charge is 2.44. The summed E-state index contributed by atoms with van der Waals surface area (Å²) in [5.41, 5.74) is 22.3. The van der Waals surface area contributed by atoms with Crippen LogP contribution in [0.5, 0.6) is 0 Å². The van der Waals surface area contributed by atoms with Crippen LogP contribution in [0.2, 0.25) is 5.02 Å². The van der Waals surface area contributed by atoms with E-state index in [1.54, 1.807) is 0 Å². The maximum atomic E-state index is 7.19. The first kappa shape index (κ1) is 47.8. The van der Waals surface area contributed by atoms with Crippen molar-refractivity contribution in [1.82, 2.24) is 28.7 Å². The Bertz CT molecular complexity index is 4010. The van der Waals surface area contributed by atoms with E-state index in [2.05, 4.69) is 233 Å². The van der Waals surface area contributed by atoms with Crippen molar-refractivity contribution < 1.29 is 0 Å². The SMILES string of the molecule is CC(C)(C)c1nc2cc(-c3ccccc3-c3cc(Cl)cc(-c4ccccc4-c4ccc5c(c4)nc(C(C)(C)C)n4c6cc7c(cc6nc54)C(C)(C)CC7(C)C)c3)ccc2c2nc3cc4c(cc3n12)C(C)(C)CC4(C)C. The third-order valence-electron chi connectivity index (χ3n) is 17.0. The van der Waals surface area contributed by atoms with E-state index in [-0.39, 0.29) is 32.5 Å². The third-order valence-corrected chi connectivity index (χ3v) is 17.2. The number of benzene rings is 7. The number of hydrogen-bond acceptors (Lipinski definition) is 4. The number of aromatic nitrogens is 6. The van der Waals surface area contributed by atoms with Crippen molar-refractivity contribution >= 4 is 66.8 Å². The molecule has 2 aliphatic rings. The minimum Gasteiger partial charge on any atom is -0.279 e. The second-order valence-electron chi connectivity index (χ2n) is 26.9. The normalized spacial score (nSPS) is 16.8. The Labute approximate surface area is 446 Å². The average Bonchev–Trinajstić information content (AvgIpc) is 4.06. The molecule has 0 spiro atoms. The Hall–Kier alpha value is -6.89. The monoisotopic (exact) mass is 1000 g/mol. The predicted molar refractivity (Wildman–Crippen MR) is 315 cm³/mol. The van der Waals surface area contributed by atoms with Crippen LogP contribution in [0.15, 0.2) is 127 Å². The molecule has 0 unspecified atom stereocenters. The van der Waals surface area contributed by atoms with E-state index in [4.69, 9.17) is 31.5 Å². The number of halogens is 1. The van der Waals surface area contributed by atoms with Gasteiger partial charge in [0.25, 0.3) is 0 Å². The van der Waals surface area contributed by atoms with Gasteiger partial charge in [-0.3, -0.25) is 8.80 Å². The van der Waals surface area contributed by atoms with Crippen LogP contribution in [-0.2, 0) is 32.5 Å². The molecule has 0 N–H and O–H groups in total. The highest BCUT2D eigenvalue weighted by atomic mass is 35.5. The van der Waals surface area contributed by atoms with Gasteiger partial charge in [0, 0.05) is 26.6 Å². The molecule has 0 atom stereocenters. The zero-order chi connectivity index (χ0) is 52.7. The van der Waals surface area contributed by atoms with Crippen molar-refractivity contribution in [1.29, 1.82) is 0 Å². The molecule has 0 radical (unpaired) electrons. The minimum atomic E-state index is -0.245. The fourth-order valence-electron chi connectivity index (χ4n) is 14.0. The zero-order valence-corrected chi connectivity index (χ0v) is 46.9. The summed E-state index contributed by atoms with van der Waals surface area (Å²) < 4.78 is 4.67. The summed E-state index contributed by atoms with van der Waals surface area (Å²) in [7, 11) is 0. The molecular formula is C68H67ClN6. The molecule has 0 aliphatic heterocycles. The molecule has 4 heterocycles. The lowest BCUT2D eigenvalue weighted by atomic mass is 9.82. The predicted octanol–water partition coefficient (Wildman–Crippen LogP) is 18.2. The highest BCUT2D eigenvalue weighted by Crippen LogP contribution is 2.53. The molecule has 2 aliphatic carbocycles. The highest BCUT2D eigenvalue weighted by molar-refractivity contribution is 6.31.